The molecule has 0 saturated carbocycles. The maximum absolute atomic E-state index is 4.55. The summed E-state index contributed by atoms with van der Waals surface area (Å²) in [7, 11) is 0. The van der Waals surface area contributed by atoms with Gasteiger partial charge in [0.05, 0.1) is 0 Å². The van der Waals surface area contributed by atoms with Gasteiger partial charge in [-0.2, -0.15) is 0 Å². The number of hydrogen-bond donors (Lipinski definition) is 0. The molecule has 4 aromatic rings. The van der Waals surface area contributed by atoms with Crippen LogP contribution in [0.5, 0.6) is 0 Å². The molecule has 0 unspecified atom stereocenters. The maximum Gasteiger partial charge on any atom is 0.0239 e. The first-order chi connectivity index (χ1) is 9.92. The third kappa shape index (κ3) is 2.49. The molecule has 0 fully saturated rings. The first-order valence-corrected chi connectivity index (χ1v) is 6.66. The number of fused-ring (bicyclic) bond motifs is 3. The summed E-state index contributed by atoms with van der Waals surface area (Å²) in [5, 5.41) is 4.94. The summed E-state index contributed by atoms with van der Waals surface area (Å²) in [5.41, 5.74) is 2.00. The van der Waals surface area contributed by atoms with Gasteiger partial charge in [0.1, 0.15) is 0 Å². The zero-order valence-electron chi connectivity index (χ0n) is 11.2. The van der Waals surface area contributed by atoms with Gasteiger partial charge in [-0.1, -0.05) is 42.5 Å². The standard InChI is InChI=1S/C19H12N.Ir/c1-2-7-15(8-3-1)19-12-18-16(13-20-19)11-10-14-6-4-5-9-17(14)18;/h1-7,9-13H;/q-1;. The minimum Gasteiger partial charge on any atom is -0.304 e. The average molecular weight is 447 g/mol. The minimum atomic E-state index is 0. The van der Waals surface area contributed by atoms with Crippen LogP contribution in [0.2, 0.25) is 0 Å². The number of rotatable bonds is 1. The van der Waals surface area contributed by atoms with Crippen LogP contribution < -0.4 is 0 Å². The van der Waals surface area contributed by atoms with Crippen molar-refractivity contribution in [1.29, 1.82) is 0 Å². The van der Waals surface area contributed by atoms with Crippen LogP contribution in [0.4, 0.5) is 0 Å². The molecule has 3 aromatic carbocycles. The number of benzene rings is 3. The van der Waals surface area contributed by atoms with E-state index in [-0.39, 0.29) is 20.1 Å². The Morgan fingerprint density at radius 3 is 2.43 bits per heavy atom. The normalized spacial score (nSPS) is 10.5. The minimum absolute atomic E-state index is 0. The first-order valence-electron chi connectivity index (χ1n) is 6.66. The second-order valence-electron chi connectivity index (χ2n) is 4.85. The first kappa shape index (κ1) is 13.9. The van der Waals surface area contributed by atoms with Crippen molar-refractivity contribution in [2.45, 2.75) is 0 Å². The van der Waals surface area contributed by atoms with E-state index in [4.69, 9.17) is 0 Å². The molecule has 1 aromatic heterocycles. The molecule has 0 N–H and O–H groups in total. The number of aromatic nitrogens is 1. The Bertz CT molecular complexity index is 901. The summed E-state index contributed by atoms with van der Waals surface area (Å²) in [6, 6.07) is 26.1. The molecule has 0 atom stereocenters. The van der Waals surface area contributed by atoms with E-state index in [1.165, 1.54) is 21.5 Å². The summed E-state index contributed by atoms with van der Waals surface area (Å²) in [6.45, 7) is 0. The molecule has 0 bridgehead atoms. The average Bonchev–Trinajstić information content (AvgIpc) is 2.55. The van der Waals surface area contributed by atoms with Crippen molar-refractivity contribution in [2.24, 2.45) is 0 Å². The predicted octanol–water partition coefficient (Wildman–Crippen LogP) is 4.85. The largest absolute Gasteiger partial charge is 0.304 e. The van der Waals surface area contributed by atoms with Crippen molar-refractivity contribution in [3.05, 3.63) is 79.0 Å². The molecule has 0 amide bonds. The van der Waals surface area contributed by atoms with E-state index in [0.717, 1.165) is 11.3 Å². The molecule has 0 saturated heterocycles. The summed E-state index contributed by atoms with van der Waals surface area (Å²) >= 11 is 0. The summed E-state index contributed by atoms with van der Waals surface area (Å²) in [5.74, 6) is 0. The van der Waals surface area contributed by atoms with E-state index in [0.29, 0.717) is 0 Å². The molecule has 2 heteroatoms. The molecule has 0 aliphatic carbocycles. The van der Waals surface area contributed by atoms with E-state index in [9.17, 15) is 0 Å². The van der Waals surface area contributed by atoms with Gasteiger partial charge in [0.15, 0.2) is 0 Å². The Labute approximate surface area is 137 Å². The van der Waals surface area contributed by atoms with Crippen molar-refractivity contribution < 1.29 is 20.1 Å². The maximum atomic E-state index is 4.55. The Morgan fingerprint density at radius 2 is 1.57 bits per heavy atom. The fourth-order valence-electron chi connectivity index (χ4n) is 2.60. The van der Waals surface area contributed by atoms with Gasteiger partial charge in [0, 0.05) is 26.3 Å². The van der Waals surface area contributed by atoms with Crippen LogP contribution in [0.1, 0.15) is 0 Å². The van der Waals surface area contributed by atoms with Gasteiger partial charge in [0.25, 0.3) is 0 Å². The number of hydrogen-bond acceptors (Lipinski definition) is 1. The van der Waals surface area contributed by atoms with Crippen LogP contribution in [0, 0.1) is 6.07 Å². The smallest absolute Gasteiger partial charge is 0.0239 e. The van der Waals surface area contributed by atoms with Gasteiger partial charge in [-0.3, -0.25) is 0 Å². The fraction of sp³-hybridized carbons (Fsp3) is 0. The van der Waals surface area contributed by atoms with Gasteiger partial charge >= 0.3 is 0 Å². The molecule has 4 rings (SSSR count). The van der Waals surface area contributed by atoms with Gasteiger partial charge in [-0.25, -0.2) is 0 Å². The van der Waals surface area contributed by atoms with E-state index in [1.807, 2.05) is 30.5 Å². The van der Waals surface area contributed by atoms with Gasteiger partial charge in [-0.05, 0) is 27.2 Å². The van der Waals surface area contributed by atoms with Crippen molar-refractivity contribution in [3.63, 3.8) is 0 Å². The van der Waals surface area contributed by atoms with Crippen LogP contribution in [0.15, 0.2) is 72.9 Å². The molecular formula is C19H12IrN-. The number of nitrogens with zero attached hydrogens (tertiary/aromatic N) is 1. The van der Waals surface area contributed by atoms with Gasteiger partial charge in [-0.15, -0.1) is 35.9 Å². The van der Waals surface area contributed by atoms with Crippen molar-refractivity contribution >= 4 is 21.5 Å². The van der Waals surface area contributed by atoms with Crippen LogP contribution in [0.3, 0.4) is 0 Å². The van der Waals surface area contributed by atoms with E-state index < -0.39 is 0 Å². The van der Waals surface area contributed by atoms with Crippen LogP contribution in [0.25, 0.3) is 32.8 Å². The summed E-state index contributed by atoms with van der Waals surface area (Å²) in [6.07, 6.45) is 1.94. The van der Waals surface area contributed by atoms with E-state index in [2.05, 4.69) is 53.5 Å². The monoisotopic (exact) mass is 447 g/mol. The third-order valence-electron chi connectivity index (χ3n) is 3.61. The molecule has 0 spiro atoms. The molecular weight excluding hydrogens is 434 g/mol. The van der Waals surface area contributed by atoms with E-state index >= 15 is 0 Å². The van der Waals surface area contributed by atoms with E-state index in [1.54, 1.807) is 0 Å². The van der Waals surface area contributed by atoms with Gasteiger partial charge in [0.2, 0.25) is 0 Å². The van der Waals surface area contributed by atoms with Crippen molar-refractivity contribution in [3.8, 4) is 11.3 Å². The topological polar surface area (TPSA) is 12.9 Å². The zero-order chi connectivity index (χ0) is 13.4. The molecule has 103 valence electrons. The van der Waals surface area contributed by atoms with Crippen molar-refractivity contribution in [2.75, 3.05) is 0 Å². The zero-order valence-corrected chi connectivity index (χ0v) is 13.6. The molecule has 0 aliphatic rings. The van der Waals surface area contributed by atoms with Crippen LogP contribution in [-0.2, 0) is 20.1 Å². The Hall–Kier alpha value is -2.02. The third-order valence-corrected chi connectivity index (χ3v) is 3.61. The van der Waals surface area contributed by atoms with Crippen molar-refractivity contribution in [1.82, 2.24) is 4.98 Å². The summed E-state index contributed by atoms with van der Waals surface area (Å²) in [4.78, 5) is 4.55. The number of pyridine rings is 1. The second kappa shape index (κ2) is 5.77. The molecule has 1 nitrogen and oxygen atoms in total. The molecule has 0 aliphatic heterocycles. The van der Waals surface area contributed by atoms with Crippen LogP contribution in [-0.4, -0.2) is 4.98 Å². The molecule has 1 radical (unpaired) electrons. The molecule has 1 heterocycles. The van der Waals surface area contributed by atoms with Crippen LogP contribution >= 0.6 is 0 Å². The Morgan fingerprint density at radius 1 is 0.762 bits per heavy atom. The molecule has 21 heavy (non-hydrogen) atoms. The second-order valence-corrected chi connectivity index (χ2v) is 4.85. The van der Waals surface area contributed by atoms with Gasteiger partial charge < -0.3 is 4.98 Å². The summed E-state index contributed by atoms with van der Waals surface area (Å²) < 4.78 is 0. The SMILES string of the molecule is [Ir].[c-]1ccccc1-c1cc2c(ccc3ccccc32)cn1. The Kier molecular flexibility index (Phi) is 3.83. The Balaban J connectivity index is 0.00000132. The predicted molar refractivity (Wildman–Crippen MR) is 83.5 cm³/mol. The quantitative estimate of drug-likeness (QED) is 0.301. The fourth-order valence-corrected chi connectivity index (χ4v) is 2.60.